The first-order chi connectivity index (χ1) is 9.54. The maximum atomic E-state index is 5.74. The monoisotopic (exact) mass is 279 g/mol. The van der Waals surface area contributed by atoms with E-state index in [2.05, 4.69) is 19.2 Å². The topological polar surface area (TPSA) is 39.7 Å². The zero-order chi connectivity index (χ0) is 14.6. The van der Waals surface area contributed by atoms with Crippen LogP contribution in [0, 0.1) is 0 Å². The minimum absolute atomic E-state index is 0.0503. The van der Waals surface area contributed by atoms with Crippen molar-refractivity contribution in [3.05, 3.63) is 18.2 Å². The van der Waals surface area contributed by atoms with Crippen LogP contribution < -0.4 is 14.8 Å². The summed E-state index contributed by atoms with van der Waals surface area (Å²) in [4.78, 5) is 0. The normalized spacial score (nSPS) is 21.3. The molecule has 0 aromatic heterocycles. The molecule has 0 amide bonds. The van der Waals surface area contributed by atoms with E-state index >= 15 is 0 Å². The molecule has 0 saturated carbocycles. The van der Waals surface area contributed by atoms with Crippen LogP contribution in [0.15, 0.2) is 18.2 Å². The summed E-state index contributed by atoms with van der Waals surface area (Å²) in [6, 6.07) is 6.42. The van der Waals surface area contributed by atoms with Gasteiger partial charge in [0.15, 0.2) is 11.5 Å². The number of hydrogen-bond acceptors (Lipinski definition) is 4. The minimum atomic E-state index is -0.0503. The van der Waals surface area contributed by atoms with E-state index < -0.39 is 0 Å². The van der Waals surface area contributed by atoms with Crippen LogP contribution in [0.25, 0.3) is 0 Å². The third-order valence-electron chi connectivity index (χ3n) is 3.53. The predicted octanol–water partition coefficient (Wildman–Crippen LogP) is 3.46. The molecule has 1 aliphatic heterocycles. The lowest BCUT2D eigenvalue weighted by atomic mass is 9.94. The molecule has 112 valence electrons. The highest BCUT2D eigenvalue weighted by molar-refractivity contribution is 5.55. The molecule has 0 radical (unpaired) electrons. The van der Waals surface area contributed by atoms with Gasteiger partial charge in [0.25, 0.3) is 0 Å². The van der Waals surface area contributed by atoms with Crippen molar-refractivity contribution in [3.8, 4) is 11.5 Å². The van der Waals surface area contributed by atoms with Crippen molar-refractivity contribution in [2.24, 2.45) is 0 Å². The number of anilines is 1. The number of ether oxygens (including phenoxy) is 3. The molecule has 1 aromatic rings. The number of benzene rings is 1. The Morgan fingerprint density at radius 3 is 2.80 bits per heavy atom. The highest BCUT2D eigenvalue weighted by atomic mass is 16.5. The van der Waals surface area contributed by atoms with E-state index in [0.29, 0.717) is 12.6 Å². The lowest BCUT2D eigenvalue weighted by molar-refractivity contribution is -0.0553. The molecule has 4 heteroatoms. The standard InChI is InChI=1S/C16H25NO3/c1-5-19-14-7-6-12(10-15(14)18-4)17-13-8-9-20-16(2,3)11-13/h6-7,10,13,17H,5,8-9,11H2,1-4H3. The first kappa shape index (κ1) is 15.0. The zero-order valence-electron chi connectivity index (χ0n) is 12.9. The Hall–Kier alpha value is -1.42. The number of methoxy groups -OCH3 is 1. The van der Waals surface area contributed by atoms with Gasteiger partial charge in [0.05, 0.1) is 19.3 Å². The van der Waals surface area contributed by atoms with E-state index in [4.69, 9.17) is 14.2 Å². The van der Waals surface area contributed by atoms with Gasteiger partial charge >= 0.3 is 0 Å². The number of rotatable bonds is 5. The molecule has 1 saturated heterocycles. The van der Waals surface area contributed by atoms with Crippen molar-refractivity contribution in [3.63, 3.8) is 0 Å². The van der Waals surface area contributed by atoms with Crippen LogP contribution in [0.1, 0.15) is 33.6 Å². The first-order valence-corrected chi connectivity index (χ1v) is 7.25. The van der Waals surface area contributed by atoms with Gasteiger partial charge in [-0.1, -0.05) is 0 Å². The summed E-state index contributed by atoms with van der Waals surface area (Å²) >= 11 is 0. The molecule has 0 aliphatic carbocycles. The Bertz CT molecular complexity index is 445. The van der Waals surface area contributed by atoms with Crippen molar-refractivity contribution >= 4 is 5.69 Å². The Kier molecular flexibility index (Phi) is 4.76. The molecule has 1 heterocycles. The minimum Gasteiger partial charge on any atom is -0.493 e. The third kappa shape index (κ3) is 3.79. The van der Waals surface area contributed by atoms with Crippen molar-refractivity contribution in [2.75, 3.05) is 25.6 Å². The van der Waals surface area contributed by atoms with Gasteiger partial charge in [0.2, 0.25) is 0 Å². The highest BCUT2D eigenvalue weighted by Crippen LogP contribution is 2.32. The van der Waals surface area contributed by atoms with Crippen molar-refractivity contribution in [1.82, 2.24) is 0 Å². The van der Waals surface area contributed by atoms with Gasteiger partial charge < -0.3 is 19.5 Å². The Balaban J connectivity index is 2.06. The molecular weight excluding hydrogens is 254 g/mol. The van der Waals surface area contributed by atoms with Crippen LogP contribution in [0.3, 0.4) is 0 Å². The van der Waals surface area contributed by atoms with Gasteiger partial charge in [-0.3, -0.25) is 0 Å². The largest absolute Gasteiger partial charge is 0.493 e. The van der Waals surface area contributed by atoms with E-state index in [0.717, 1.165) is 36.6 Å². The van der Waals surface area contributed by atoms with Crippen LogP contribution in [0.5, 0.6) is 11.5 Å². The van der Waals surface area contributed by atoms with Crippen LogP contribution in [-0.4, -0.2) is 32.0 Å². The average molecular weight is 279 g/mol. The van der Waals surface area contributed by atoms with E-state index in [1.54, 1.807) is 7.11 Å². The van der Waals surface area contributed by atoms with E-state index in [1.807, 2.05) is 25.1 Å². The summed E-state index contributed by atoms with van der Waals surface area (Å²) in [6.07, 6.45) is 2.03. The van der Waals surface area contributed by atoms with E-state index in [1.165, 1.54) is 0 Å². The molecule has 20 heavy (non-hydrogen) atoms. The number of nitrogens with one attached hydrogen (secondary N) is 1. The summed E-state index contributed by atoms with van der Waals surface area (Å²) < 4.78 is 16.7. The van der Waals surface area contributed by atoms with Gasteiger partial charge in [0.1, 0.15) is 0 Å². The van der Waals surface area contributed by atoms with Gasteiger partial charge in [0, 0.05) is 24.4 Å². The Morgan fingerprint density at radius 1 is 1.35 bits per heavy atom. The van der Waals surface area contributed by atoms with Gasteiger partial charge in [-0.05, 0) is 45.7 Å². The van der Waals surface area contributed by atoms with Crippen LogP contribution in [-0.2, 0) is 4.74 Å². The highest BCUT2D eigenvalue weighted by Gasteiger charge is 2.28. The van der Waals surface area contributed by atoms with Crippen LogP contribution >= 0.6 is 0 Å². The molecule has 4 nitrogen and oxygen atoms in total. The summed E-state index contributed by atoms with van der Waals surface area (Å²) in [5.74, 6) is 1.55. The molecule has 1 aromatic carbocycles. The molecule has 2 rings (SSSR count). The van der Waals surface area contributed by atoms with Crippen molar-refractivity contribution in [2.45, 2.75) is 45.3 Å². The molecular formula is C16H25NO3. The molecule has 1 fully saturated rings. The summed E-state index contributed by atoms with van der Waals surface area (Å²) in [7, 11) is 1.67. The zero-order valence-corrected chi connectivity index (χ0v) is 12.9. The number of hydrogen-bond donors (Lipinski definition) is 1. The van der Waals surface area contributed by atoms with Gasteiger partial charge in [-0.2, -0.15) is 0 Å². The second kappa shape index (κ2) is 6.35. The molecule has 1 unspecified atom stereocenters. The maximum Gasteiger partial charge on any atom is 0.162 e. The van der Waals surface area contributed by atoms with Gasteiger partial charge in [-0.25, -0.2) is 0 Å². The summed E-state index contributed by atoms with van der Waals surface area (Å²) in [5.41, 5.74) is 1.01. The molecule has 1 N–H and O–H groups in total. The molecule has 0 spiro atoms. The Morgan fingerprint density at radius 2 is 2.15 bits per heavy atom. The van der Waals surface area contributed by atoms with Crippen molar-refractivity contribution < 1.29 is 14.2 Å². The SMILES string of the molecule is CCOc1ccc(NC2CCOC(C)(C)C2)cc1OC. The fraction of sp³-hybridized carbons (Fsp3) is 0.625. The van der Waals surface area contributed by atoms with E-state index in [9.17, 15) is 0 Å². The fourth-order valence-corrected chi connectivity index (χ4v) is 2.62. The van der Waals surface area contributed by atoms with Crippen molar-refractivity contribution in [1.29, 1.82) is 0 Å². The second-order valence-electron chi connectivity index (χ2n) is 5.74. The maximum absolute atomic E-state index is 5.74. The first-order valence-electron chi connectivity index (χ1n) is 7.25. The fourth-order valence-electron chi connectivity index (χ4n) is 2.62. The summed E-state index contributed by atoms with van der Waals surface area (Å²) in [5, 5.41) is 3.56. The lowest BCUT2D eigenvalue weighted by Gasteiger charge is -2.36. The third-order valence-corrected chi connectivity index (χ3v) is 3.53. The average Bonchev–Trinajstić information content (AvgIpc) is 2.39. The smallest absolute Gasteiger partial charge is 0.162 e. The van der Waals surface area contributed by atoms with Gasteiger partial charge in [-0.15, -0.1) is 0 Å². The van der Waals surface area contributed by atoms with Crippen LogP contribution in [0.4, 0.5) is 5.69 Å². The quantitative estimate of drug-likeness (QED) is 0.896. The lowest BCUT2D eigenvalue weighted by Crippen LogP contribution is -2.40. The molecule has 0 bridgehead atoms. The van der Waals surface area contributed by atoms with Crippen LogP contribution in [0.2, 0.25) is 0 Å². The van der Waals surface area contributed by atoms with E-state index in [-0.39, 0.29) is 5.60 Å². The molecule has 1 atom stereocenters. The predicted molar refractivity (Wildman–Crippen MR) is 80.8 cm³/mol. The summed E-state index contributed by atoms with van der Waals surface area (Å²) in [6.45, 7) is 7.69. The molecule has 1 aliphatic rings. The second-order valence-corrected chi connectivity index (χ2v) is 5.74. The Labute approximate surface area is 121 Å².